The van der Waals surface area contributed by atoms with Crippen LogP contribution < -0.4 is 0 Å². The van der Waals surface area contributed by atoms with Crippen LogP contribution in [0.25, 0.3) is 21.9 Å². The molecule has 0 bridgehead atoms. The predicted molar refractivity (Wildman–Crippen MR) is 90.4 cm³/mol. The Labute approximate surface area is 125 Å². The summed E-state index contributed by atoms with van der Waals surface area (Å²) in [7, 11) is 0. The molecule has 3 aromatic carbocycles. The zero-order valence-electron chi connectivity index (χ0n) is 11.7. The molecule has 0 unspecified atom stereocenters. The molecule has 0 N–H and O–H groups in total. The lowest BCUT2D eigenvalue weighted by Gasteiger charge is -2.14. The van der Waals surface area contributed by atoms with Gasteiger partial charge in [-0.1, -0.05) is 91.0 Å². The average Bonchev–Trinajstić information content (AvgIpc) is 3.09. The molecule has 1 aliphatic carbocycles. The van der Waals surface area contributed by atoms with Gasteiger partial charge in [0.05, 0.1) is 0 Å². The van der Waals surface area contributed by atoms with E-state index in [2.05, 4.69) is 91.0 Å². The Morgan fingerprint density at radius 3 is 2.10 bits per heavy atom. The number of hydrogen-bond donors (Lipinski definition) is 0. The predicted octanol–water partition coefficient (Wildman–Crippen LogP) is 5.72. The number of benzene rings is 3. The summed E-state index contributed by atoms with van der Waals surface area (Å²) in [5.41, 5.74) is 3.98. The second-order valence-electron chi connectivity index (χ2n) is 5.41. The first kappa shape index (κ1) is 12.2. The smallest absolute Gasteiger partial charge is 0.0211 e. The highest BCUT2D eigenvalue weighted by Crippen LogP contribution is 2.36. The van der Waals surface area contributed by atoms with Gasteiger partial charge in [0.2, 0.25) is 0 Å². The third kappa shape index (κ3) is 2.09. The van der Waals surface area contributed by atoms with Crippen LogP contribution in [-0.2, 0) is 0 Å². The van der Waals surface area contributed by atoms with Crippen molar-refractivity contribution in [2.24, 2.45) is 0 Å². The Bertz CT molecular complexity index is 821. The molecule has 21 heavy (non-hydrogen) atoms. The normalized spacial score (nSPS) is 14.1. The molecule has 0 heteroatoms. The van der Waals surface area contributed by atoms with Gasteiger partial charge in [-0.15, -0.1) is 0 Å². The molecule has 0 amide bonds. The highest BCUT2D eigenvalue weighted by molar-refractivity contribution is 5.99. The molecule has 0 fully saturated rings. The van der Waals surface area contributed by atoms with E-state index in [1.165, 1.54) is 27.5 Å². The highest BCUT2D eigenvalue weighted by atomic mass is 14.2. The number of hydrogen-bond acceptors (Lipinski definition) is 0. The van der Waals surface area contributed by atoms with Crippen molar-refractivity contribution >= 4 is 10.8 Å². The summed E-state index contributed by atoms with van der Waals surface area (Å²) in [5, 5.41) is 2.68. The summed E-state index contributed by atoms with van der Waals surface area (Å²) in [4.78, 5) is 0. The summed E-state index contributed by atoms with van der Waals surface area (Å²) >= 11 is 0. The van der Waals surface area contributed by atoms with Gasteiger partial charge >= 0.3 is 0 Å². The van der Waals surface area contributed by atoms with Gasteiger partial charge in [-0.25, -0.2) is 0 Å². The maximum atomic E-state index is 2.26. The lowest BCUT2D eigenvalue weighted by Crippen LogP contribution is -1.93. The van der Waals surface area contributed by atoms with Gasteiger partial charge in [0.25, 0.3) is 0 Å². The molecule has 100 valence electrons. The highest BCUT2D eigenvalue weighted by Gasteiger charge is 2.14. The Morgan fingerprint density at radius 1 is 0.619 bits per heavy atom. The molecular formula is C21H16. The Kier molecular flexibility index (Phi) is 2.93. The molecule has 0 saturated carbocycles. The first-order valence-electron chi connectivity index (χ1n) is 7.35. The van der Waals surface area contributed by atoms with Crippen molar-refractivity contribution in [1.82, 2.24) is 0 Å². The van der Waals surface area contributed by atoms with Crippen molar-refractivity contribution in [1.29, 1.82) is 0 Å². The minimum atomic E-state index is 0.388. The van der Waals surface area contributed by atoms with Crippen LogP contribution in [-0.4, -0.2) is 0 Å². The van der Waals surface area contributed by atoms with E-state index in [0.717, 1.165) is 0 Å². The lowest BCUT2D eigenvalue weighted by atomic mass is 9.89. The second kappa shape index (κ2) is 5.06. The molecule has 0 heterocycles. The van der Waals surface area contributed by atoms with Gasteiger partial charge in [-0.3, -0.25) is 0 Å². The summed E-state index contributed by atoms with van der Waals surface area (Å²) in [5.74, 6) is 0.388. The maximum Gasteiger partial charge on any atom is 0.0211 e. The quantitative estimate of drug-likeness (QED) is 0.558. The van der Waals surface area contributed by atoms with E-state index < -0.39 is 0 Å². The van der Waals surface area contributed by atoms with E-state index in [1.807, 2.05) is 0 Å². The Morgan fingerprint density at radius 2 is 1.33 bits per heavy atom. The van der Waals surface area contributed by atoms with E-state index in [4.69, 9.17) is 0 Å². The molecule has 0 spiro atoms. The lowest BCUT2D eigenvalue weighted by molar-refractivity contribution is 1.12. The Balaban J connectivity index is 2.03. The van der Waals surface area contributed by atoms with Crippen molar-refractivity contribution in [3.05, 3.63) is 96.6 Å². The maximum absolute atomic E-state index is 2.26. The molecule has 0 atom stereocenters. The fourth-order valence-electron chi connectivity index (χ4n) is 3.15. The van der Waals surface area contributed by atoms with Gasteiger partial charge in [0, 0.05) is 5.92 Å². The van der Waals surface area contributed by atoms with Crippen LogP contribution in [0.1, 0.15) is 11.5 Å². The molecule has 0 radical (unpaired) electrons. The third-order valence-electron chi connectivity index (χ3n) is 4.13. The van der Waals surface area contributed by atoms with E-state index in [1.54, 1.807) is 0 Å². The summed E-state index contributed by atoms with van der Waals surface area (Å²) in [6.45, 7) is 0. The fraction of sp³-hybridized carbons (Fsp3) is 0.0476. The molecule has 0 nitrogen and oxygen atoms in total. The topological polar surface area (TPSA) is 0 Å². The van der Waals surface area contributed by atoms with Crippen LogP contribution in [0.2, 0.25) is 0 Å². The second-order valence-corrected chi connectivity index (χ2v) is 5.41. The average molecular weight is 268 g/mol. The van der Waals surface area contributed by atoms with Crippen molar-refractivity contribution in [2.45, 2.75) is 5.92 Å². The number of allylic oxidation sites excluding steroid dienone is 4. The van der Waals surface area contributed by atoms with Crippen LogP contribution in [0, 0.1) is 0 Å². The SMILES string of the molecule is C1=CC(c2cccc3cccc(-c4ccccc4)c23)C=C1. The molecule has 0 saturated heterocycles. The molecular weight excluding hydrogens is 252 g/mol. The standard InChI is InChI=1S/C21H16/c1-2-8-16(9-3-1)19-14-6-12-18-13-7-15-20(21(18)19)17-10-4-5-11-17/h1-15,17H. The van der Waals surface area contributed by atoms with Gasteiger partial charge in [-0.05, 0) is 27.5 Å². The van der Waals surface area contributed by atoms with E-state index in [0.29, 0.717) is 5.92 Å². The molecule has 1 aliphatic rings. The van der Waals surface area contributed by atoms with Crippen molar-refractivity contribution < 1.29 is 0 Å². The fourth-order valence-corrected chi connectivity index (χ4v) is 3.15. The minimum Gasteiger partial charge on any atom is -0.0732 e. The van der Waals surface area contributed by atoms with Crippen LogP contribution in [0.4, 0.5) is 0 Å². The zero-order chi connectivity index (χ0) is 14.1. The van der Waals surface area contributed by atoms with Crippen LogP contribution in [0.5, 0.6) is 0 Å². The van der Waals surface area contributed by atoms with Gasteiger partial charge in [0.15, 0.2) is 0 Å². The van der Waals surface area contributed by atoms with E-state index in [-0.39, 0.29) is 0 Å². The van der Waals surface area contributed by atoms with Gasteiger partial charge < -0.3 is 0 Å². The summed E-state index contributed by atoms with van der Waals surface area (Å²) < 4.78 is 0. The Hall–Kier alpha value is -2.60. The monoisotopic (exact) mass is 268 g/mol. The van der Waals surface area contributed by atoms with Crippen molar-refractivity contribution in [3.63, 3.8) is 0 Å². The number of fused-ring (bicyclic) bond motifs is 1. The van der Waals surface area contributed by atoms with Gasteiger partial charge in [-0.2, -0.15) is 0 Å². The van der Waals surface area contributed by atoms with E-state index in [9.17, 15) is 0 Å². The largest absolute Gasteiger partial charge is 0.0732 e. The summed E-state index contributed by atoms with van der Waals surface area (Å²) in [6, 6.07) is 23.8. The van der Waals surface area contributed by atoms with Gasteiger partial charge in [0.1, 0.15) is 0 Å². The molecule has 0 aliphatic heterocycles. The van der Waals surface area contributed by atoms with Crippen LogP contribution in [0.15, 0.2) is 91.0 Å². The van der Waals surface area contributed by atoms with Crippen molar-refractivity contribution in [2.75, 3.05) is 0 Å². The molecule has 0 aromatic heterocycles. The minimum absolute atomic E-state index is 0.388. The summed E-state index contributed by atoms with van der Waals surface area (Å²) in [6.07, 6.45) is 8.79. The van der Waals surface area contributed by atoms with Crippen LogP contribution >= 0.6 is 0 Å². The zero-order valence-corrected chi connectivity index (χ0v) is 11.7. The number of rotatable bonds is 2. The van der Waals surface area contributed by atoms with Crippen molar-refractivity contribution in [3.8, 4) is 11.1 Å². The molecule has 3 aromatic rings. The third-order valence-corrected chi connectivity index (χ3v) is 4.13. The molecule has 4 rings (SSSR count). The first-order chi connectivity index (χ1) is 10.4. The van der Waals surface area contributed by atoms with E-state index >= 15 is 0 Å². The van der Waals surface area contributed by atoms with Crippen LogP contribution in [0.3, 0.4) is 0 Å². The first-order valence-corrected chi connectivity index (χ1v) is 7.35.